The molecule has 5 amide bonds. The minimum absolute atomic E-state index is 0.103. The average molecular weight is 725 g/mol. The molecule has 4 N–H and O–H groups in total. The fourth-order valence-corrected chi connectivity index (χ4v) is 8.36. The summed E-state index contributed by atoms with van der Waals surface area (Å²) in [6.45, 7) is 1.21. The zero-order chi connectivity index (χ0) is 36.0. The molecule has 7 rings (SSSR count). The zero-order valence-electron chi connectivity index (χ0n) is 26.9. The van der Waals surface area contributed by atoms with Gasteiger partial charge in [-0.3, -0.25) is 19.3 Å². The van der Waals surface area contributed by atoms with E-state index in [0.717, 1.165) is 31.2 Å². The Balaban J connectivity index is 1.05. The third-order valence-corrected chi connectivity index (χ3v) is 10.9. The molecule has 266 valence electrons. The molecule has 12 nitrogen and oxygen atoms in total. The van der Waals surface area contributed by atoms with Gasteiger partial charge in [0.15, 0.2) is 0 Å². The Morgan fingerprint density at radius 3 is 2.63 bits per heavy atom. The molecule has 1 aromatic carbocycles. The number of likely N-dealkylation sites (tertiary alicyclic amines) is 1. The SMILES string of the molecule is N#C/C(=C\C1CC1)C(=O)N1CCC[C@H](NC(=O)C2=C3NC(=O)N(c4ccc(C(=O)Nc5cc(C(F)(F)F)ccn5)cc4F)C4CCNC(S2)C34)C1. The normalized spacial score (nSPS) is 24.8. The maximum absolute atomic E-state index is 15.7. The van der Waals surface area contributed by atoms with E-state index in [4.69, 9.17) is 0 Å². The van der Waals surface area contributed by atoms with Gasteiger partial charge < -0.3 is 26.2 Å². The van der Waals surface area contributed by atoms with E-state index in [1.54, 1.807) is 11.0 Å². The molecule has 1 saturated carbocycles. The van der Waals surface area contributed by atoms with Crippen LogP contribution in [0.1, 0.15) is 48.0 Å². The van der Waals surface area contributed by atoms with E-state index >= 15 is 4.39 Å². The quantitative estimate of drug-likeness (QED) is 0.188. The van der Waals surface area contributed by atoms with E-state index in [9.17, 15) is 37.6 Å². The Bertz CT molecular complexity index is 1910. The average Bonchev–Trinajstić information content (AvgIpc) is 3.86. The van der Waals surface area contributed by atoms with Crippen molar-refractivity contribution in [3.05, 3.63) is 75.7 Å². The van der Waals surface area contributed by atoms with Crippen LogP contribution in [0, 0.1) is 29.0 Å². The number of rotatable bonds is 7. The van der Waals surface area contributed by atoms with Crippen molar-refractivity contribution in [3.63, 3.8) is 0 Å². The lowest BCUT2D eigenvalue weighted by molar-refractivity contribution is -0.137. The number of anilines is 2. The molecule has 4 aliphatic heterocycles. The first-order valence-corrected chi connectivity index (χ1v) is 17.4. The van der Waals surface area contributed by atoms with Crippen LogP contribution in [0.5, 0.6) is 0 Å². The molecule has 1 aromatic heterocycles. The first kappa shape index (κ1) is 34.5. The maximum Gasteiger partial charge on any atom is 0.416 e. The van der Waals surface area contributed by atoms with Crippen molar-refractivity contribution in [1.82, 2.24) is 25.8 Å². The largest absolute Gasteiger partial charge is 0.416 e. The lowest BCUT2D eigenvalue weighted by Crippen LogP contribution is -2.62. The number of thioether (sulfide) groups is 1. The smallest absolute Gasteiger partial charge is 0.347 e. The third-order valence-electron chi connectivity index (χ3n) is 9.56. The van der Waals surface area contributed by atoms with Gasteiger partial charge in [-0.05, 0) is 74.9 Å². The van der Waals surface area contributed by atoms with E-state index in [0.29, 0.717) is 49.0 Å². The van der Waals surface area contributed by atoms with E-state index < -0.39 is 47.4 Å². The Morgan fingerprint density at radius 2 is 1.90 bits per heavy atom. The number of hydrogen-bond donors (Lipinski definition) is 4. The van der Waals surface area contributed by atoms with Gasteiger partial charge in [0.05, 0.1) is 27.6 Å². The first-order valence-electron chi connectivity index (χ1n) is 16.5. The molecule has 1 aliphatic carbocycles. The molecule has 4 fully saturated rings. The summed E-state index contributed by atoms with van der Waals surface area (Å²) in [6.07, 6.45) is 1.62. The number of nitrogens with zero attached hydrogens (tertiary/aromatic N) is 4. The zero-order valence-corrected chi connectivity index (χ0v) is 27.7. The summed E-state index contributed by atoms with van der Waals surface area (Å²) in [7, 11) is 0. The van der Waals surface area contributed by atoms with E-state index in [1.807, 2.05) is 6.07 Å². The first-order chi connectivity index (χ1) is 24.4. The van der Waals surface area contributed by atoms with E-state index in [1.165, 1.54) is 28.8 Å². The van der Waals surface area contributed by atoms with Crippen molar-refractivity contribution in [2.75, 3.05) is 29.9 Å². The predicted molar refractivity (Wildman–Crippen MR) is 177 cm³/mol. The Labute approximate surface area is 293 Å². The monoisotopic (exact) mass is 724 g/mol. The lowest BCUT2D eigenvalue weighted by Gasteiger charge is -2.45. The number of urea groups is 1. The Morgan fingerprint density at radius 1 is 1.10 bits per heavy atom. The number of nitriles is 1. The van der Waals surface area contributed by atoms with Gasteiger partial charge in [-0.25, -0.2) is 14.2 Å². The molecule has 0 radical (unpaired) electrons. The van der Waals surface area contributed by atoms with Crippen LogP contribution in [-0.2, 0) is 15.8 Å². The summed E-state index contributed by atoms with van der Waals surface area (Å²) < 4.78 is 54.9. The van der Waals surface area contributed by atoms with Crippen molar-refractivity contribution in [2.45, 2.75) is 55.7 Å². The topological polar surface area (TPSA) is 160 Å². The molecule has 3 unspecified atom stereocenters. The fourth-order valence-electron chi connectivity index (χ4n) is 6.96. The maximum atomic E-state index is 15.7. The second kappa shape index (κ2) is 13.6. The van der Waals surface area contributed by atoms with Crippen LogP contribution in [0.4, 0.5) is 33.9 Å². The van der Waals surface area contributed by atoms with Crippen molar-refractivity contribution < 1.29 is 36.7 Å². The number of aromatic nitrogens is 1. The highest BCUT2D eigenvalue weighted by Gasteiger charge is 2.52. The minimum Gasteiger partial charge on any atom is -0.347 e. The summed E-state index contributed by atoms with van der Waals surface area (Å²) in [5.41, 5.74) is -0.762. The molecule has 2 aromatic rings. The van der Waals surface area contributed by atoms with Gasteiger partial charge in [-0.1, -0.05) is 17.8 Å². The van der Waals surface area contributed by atoms with Gasteiger partial charge in [-0.2, -0.15) is 18.4 Å². The van der Waals surface area contributed by atoms with Gasteiger partial charge in [0.2, 0.25) is 0 Å². The van der Waals surface area contributed by atoms with Crippen LogP contribution in [0.3, 0.4) is 0 Å². The highest BCUT2D eigenvalue weighted by molar-refractivity contribution is 8.04. The van der Waals surface area contributed by atoms with Crippen LogP contribution < -0.4 is 26.2 Å². The number of hydrogen-bond acceptors (Lipinski definition) is 8. The molecule has 5 heterocycles. The number of carbonyl (C=O) groups excluding carboxylic acids is 4. The van der Waals surface area contributed by atoms with Gasteiger partial charge in [-0.15, -0.1) is 0 Å². The summed E-state index contributed by atoms with van der Waals surface area (Å²) >= 11 is 1.27. The van der Waals surface area contributed by atoms with E-state index in [2.05, 4.69) is 26.3 Å². The fraction of sp³-hybridized carbons (Fsp3) is 0.412. The Kier molecular flexibility index (Phi) is 9.23. The predicted octanol–water partition coefficient (Wildman–Crippen LogP) is 4.25. The standard InChI is InChI=1S/C34H32F4N8O4S/c35-22-13-18(29(47)43-25-14-20(7-9-40-25)34(36,37)38)5-6-23(22)46-24-8-10-41-31-26(24)27(44-33(46)50)28(51-31)30(48)42-21-2-1-11-45(16-21)32(49)19(15-39)12-17-3-4-17/h5-7,9,12-14,17,21,24,26,31,41H,1-4,8,10-11,16H2,(H,42,48)(H,44,50)(H,40,43,47)/b19-12+/t21-,24?,26?,31?/m0/s1. The van der Waals surface area contributed by atoms with Crippen LogP contribution in [0.2, 0.25) is 0 Å². The van der Waals surface area contributed by atoms with Crippen LogP contribution in [0.15, 0.2) is 58.8 Å². The molecule has 5 aliphatic rings. The second-order valence-electron chi connectivity index (χ2n) is 13.1. The number of piperidine rings is 2. The van der Waals surface area contributed by atoms with Crippen molar-refractivity contribution >= 4 is 47.0 Å². The number of benzene rings is 1. The molecule has 0 spiro atoms. The Hall–Kier alpha value is -4.95. The van der Waals surface area contributed by atoms with Crippen molar-refractivity contribution in [3.8, 4) is 6.07 Å². The van der Waals surface area contributed by atoms with Gasteiger partial charge in [0.25, 0.3) is 17.7 Å². The summed E-state index contributed by atoms with van der Waals surface area (Å²) in [6, 6.07) is 5.31. The highest BCUT2D eigenvalue weighted by atomic mass is 32.2. The summed E-state index contributed by atoms with van der Waals surface area (Å²) in [5, 5.41) is 20.7. The summed E-state index contributed by atoms with van der Waals surface area (Å²) in [5.74, 6) is -3.03. The van der Waals surface area contributed by atoms with E-state index in [-0.39, 0.29) is 52.4 Å². The third kappa shape index (κ3) is 7.02. The second-order valence-corrected chi connectivity index (χ2v) is 14.2. The molecule has 17 heteroatoms. The number of allylic oxidation sites excluding steroid dienone is 1. The van der Waals surface area contributed by atoms with Gasteiger partial charge >= 0.3 is 12.2 Å². The van der Waals surface area contributed by atoms with Crippen LogP contribution in [0.25, 0.3) is 0 Å². The van der Waals surface area contributed by atoms with Crippen LogP contribution >= 0.6 is 11.8 Å². The van der Waals surface area contributed by atoms with Gasteiger partial charge in [0.1, 0.15) is 23.3 Å². The molecule has 51 heavy (non-hydrogen) atoms. The van der Waals surface area contributed by atoms with Gasteiger partial charge in [0, 0.05) is 42.5 Å². The number of alkyl halides is 3. The highest BCUT2D eigenvalue weighted by Crippen LogP contribution is 2.48. The van der Waals surface area contributed by atoms with Crippen LogP contribution in [-0.4, -0.2) is 70.7 Å². The summed E-state index contributed by atoms with van der Waals surface area (Å²) in [4.78, 5) is 60.0. The number of nitrogens with one attached hydrogen (secondary N) is 4. The number of carbonyl (C=O) groups is 4. The minimum atomic E-state index is -4.65. The molecular formula is C34H32F4N8O4S. The molecule has 0 bridgehead atoms. The lowest BCUT2D eigenvalue weighted by atomic mass is 9.86. The van der Waals surface area contributed by atoms with Crippen molar-refractivity contribution in [2.24, 2.45) is 11.8 Å². The molecular weight excluding hydrogens is 692 g/mol. The number of pyridine rings is 1. The van der Waals surface area contributed by atoms with Crippen molar-refractivity contribution in [1.29, 1.82) is 5.26 Å². The molecule has 4 atom stereocenters. The number of halogens is 4. The molecule has 3 saturated heterocycles. The number of amides is 5.